The van der Waals surface area contributed by atoms with E-state index < -0.39 is 11.2 Å². The van der Waals surface area contributed by atoms with Crippen molar-refractivity contribution in [3.63, 3.8) is 0 Å². The van der Waals surface area contributed by atoms with Gasteiger partial charge in [0.2, 0.25) is 0 Å². The Labute approximate surface area is 295 Å². The van der Waals surface area contributed by atoms with Gasteiger partial charge in [0.15, 0.2) is 0 Å². The number of nitrogens with zero attached hydrogens (tertiary/aromatic N) is 2. The molecule has 0 amide bonds. The van der Waals surface area contributed by atoms with Crippen LogP contribution < -0.4 is 9.47 Å². The third kappa shape index (κ3) is 9.11. The maximum atomic E-state index is 9.90. The summed E-state index contributed by atoms with van der Waals surface area (Å²) in [6, 6.07) is 18.0. The fourth-order valence-electron chi connectivity index (χ4n) is 10.1. The Morgan fingerprint density at radius 2 is 0.959 bits per heavy atom. The Hall–Kier alpha value is -2.38. The number of ether oxygens (including phenoxy) is 2. The van der Waals surface area contributed by atoms with Crippen LogP contribution in [0, 0.1) is 23.7 Å². The Morgan fingerprint density at radius 1 is 0.571 bits per heavy atom. The summed E-state index contributed by atoms with van der Waals surface area (Å²) >= 11 is 0. The van der Waals surface area contributed by atoms with E-state index in [0.29, 0.717) is 0 Å². The van der Waals surface area contributed by atoms with Crippen molar-refractivity contribution in [2.45, 2.75) is 109 Å². The molecule has 6 fully saturated rings. The lowest BCUT2D eigenvalue weighted by Crippen LogP contribution is -2.59. The molecule has 2 saturated heterocycles. The highest BCUT2D eigenvalue weighted by molar-refractivity contribution is 5.83. The maximum Gasteiger partial charge on any atom is 0.119 e. The molecule has 0 spiro atoms. The van der Waals surface area contributed by atoms with Gasteiger partial charge in [0, 0.05) is 26.2 Å². The molecular formula is C43H62N2O4. The van der Waals surface area contributed by atoms with Gasteiger partial charge in [-0.25, -0.2) is 0 Å². The minimum absolute atomic E-state index is 0.462. The topological polar surface area (TPSA) is 65.4 Å². The van der Waals surface area contributed by atoms with Crippen LogP contribution in [0.25, 0.3) is 5.57 Å². The minimum atomic E-state index is -0.462. The van der Waals surface area contributed by atoms with Gasteiger partial charge in [-0.1, -0.05) is 55.5 Å². The molecule has 0 aromatic heterocycles. The first-order valence-electron chi connectivity index (χ1n) is 19.8. The Balaban J connectivity index is 0.910. The van der Waals surface area contributed by atoms with Gasteiger partial charge in [0.25, 0.3) is 0 Å². The third-order valence-corrected chi connectivity index (χ3v) is 12.1. The van der Waals surface area contributed by atoms with E-state index in [4.69, 9.17) is 9.47 Å². The second-order valence-corrected chi connectivity index (χ2v) is 17.1. The average molecular weight is 671 g/mol. The zero-order valence-corrected chi connectivity index (χ0v) is 30.4. The predicted molar refractivity (Wildman–Crippen MR) is 198 cm³/mol. The van der Waals surface area contributed by atoms with Gasteiger partial charge < -0.3 is 19.7 Å². The Bertz CT molecular complexity index is 1270. The first-order chi connectivity index (χ1) is 23.7. The van der Waals surface area contributed by atoms with Gasteiger partial charge in [-0.05, 0) is 149 Å². The van der Waals surface area contributed by atoms with Crippen molar-refractivity contribution in [3.8, 4) is 11.5 Å². The standard InChI is InChI=1S/C43H62N2O4/c1-42(46)28-44(29-42)19-7-3-5-9-21-48-38-15-11-34(12-16-38)40(41-36-24-32-23-33(26-36)27-37(41)25-32)35-13-17-39(18-14-35)49-22-10-6-4-8-20-45-30-43(2,47)31-45/h11-18,32-33,36-37,46-47H,3-10,19-31H2,1-2H3. The first kappa shape index (κ1) is 35.0. The largest absolute Gasteiger partial charge is 0.494 e. The lowest BCUT2D eigenvalue weighted by molar-refractivity contribution is -0.0837. The molecule has 0 unspecified atom stereocenters. The molecule has 6 aliphatic rings. The number of unbranched alkanes of at least 4 members (excludes halogenated alkanes) is 6. The summed E-state index contributed by atoms with van der Waals surface area (Å²) in [6.45, 7) is 10.9. The van der Waals surface area contributed by atoms with Crippen LogP contribution in [0.3, 0.4) is 0 Å². The number of benzene rings is 2. The van der Waals surface area contributed by atoms with Crippen LogP contribution in [-0.2, 0) is 0 Å². The summed E-state index contributed by atoms with van der Waals surface area (Å²) in [5, 5.41) is 19.8. The molecule has 0 atom stereocenters. The van der Waals surface area contributed by atoms with Crippen LogP contribution in [0.15, 0.2) is 54.1 Å². The van der Waals surface area contributed by atoms with Gasteiger partial charge in [-0.15, -0.1) is 0 Å². The van der Waals surface area contributed by atoms with Crippen LogP contribution in [0.4, 0.5) is 0 Å². The molecule has 4 saturated carbocycles. The van der Waals surface area contributed by atoms with Gasteiger partial charge in [-0.3, -0.25) is 9.80 Å². The zero-order chi connectivity index (χ0) is 33.8. The number of likely N-dealkylation sites (tertiary alicyclic amines) is 2. The van der Waals surface area contributed by atoms with Gasteiger partial charge in [-0.2, -0.15) is 0 Å². The summed E-state index contributed by atoms with van der Waals surface area (Å²) < 4.78 is 12.4. The molecule has 2 N–H and O–H groups in total. The van der Waals surface area contributed by atoms with Crippen LogP contribution in [0.1, 0.15) is 108 Å². The molecule has 2 aromatic carbocycles. The Morgan fingerprint density at radius 3 is 1.35 bits per heavy atom. The van der Waals surface area contributed by atoms with Crippen LogP contribution >= 0.6 is 0 Å². The molecule has 8 rings (SSSR count). The summed E-state index contributed by atoms with van der Waals surface area (Å²) in [6.07, 6.45) is 16.4. The zero-order valence-electron chi connectivity index (χ0n) is 30.4. The molecule has 6 heteroatoms. The summed E-state index contributed by atoms with van der Waals surface area (Å²) in [5.74, 6) is 5.30. The molecule has 4 bridgehead atoms. The monoisotopic (exact) mass is 670 g/mol. The van der Waals surface area contributed by atoms with Crippen LogP contribution in [0.2, 0.25) is 0 Å². The van der Waals surface area contributed by atoms with Gasteiger partial charge >= 0.3 is 0 Å². The van der Waals surface area contributed by atoms with E-state index in [-0.39, 0.29) is 0 Å². The normalized spacial score (nSPS) is 26.7. The van der Waals surface area contributed by atoms with Gasteiger partial charge in [0.05, 0.1) is 24.4 Å². The fourth-order valence-corrected chi connectivity index (χ4v) is 10.1. The molecule has 2 heterocycles. The SMILES string of the molecule is CC1(O)CN(CCCCCCOc2ccc(C(=C3C4CC5CC(C4)CC3C5)c3ccc(OCCCCCCN4CC(C)(O)C4)cc3)cc2)C1. The fraction of sp³-hybridized carbons (Fsp3) is 0.674. The van der Waals surface area contributed by atoms with Crippen molar-refractivity contribution >= 4 is 5.57 Å². The average Bonchev–Trinajstić information content (AvgIpc) is 3.04. The van der Waals surface area contributed by atoms with E-state index in [0.717, 1.165) is 100 Å². The van der Waals surface area contributed by atoms with E-state index in [2.05, 4.69) is 58.3 Å². The molecule has 4 aliphatic carbocycles. The van der Waals surface area contributed by atoms with Crippen LogP contribution in [0.5, 0.6) is 11.5 Å². The van der Waals surface area contributed by atoms with Crippen LogP contribution in [-0.4, -0.2) is 83.7 Å². The Kier molecular flexibility index (Phi) is 11.1. The van der Waals surface area contributed by atoms with Crippen molar-refractivity contribution in [2.24, 2.45) is 23.7 Å². The first-order valence-corrected chi connectivity index (χ1v) is 19.8. The van der Waals surface area contributed by atoms with E-state index in [1.165, 1.54) is 87.3 Å². The van der Waals surface area contributed by atoms with E-state index in [9.17, 15) is 10.2 Å². The van der Waals surface area contributed by atoms with E-state index >= 15 is 0 Å². The van der Waals surface area contributed by atoms with Crippen molar-refractivity contribution in [2.75, 3.05) is 52.5 Å². The van der Waals surface area contributed by atoms with Crippen molar-refractivity contribution in [3.05, 3.63) is 65.2 Å². The molecule has 6 nitrogen and oxygen atoms in total. The number of allylic oxidation sites excluding steroid dienone is 1. The van der Waals surface area contributed by atoms with Gasteiger partial charge in [0.1, 0.15) is 11.5 Å². The summed E-state index contributed by atoms with van der Waals surface area (Å²) in [7, 11) is 0. The number of hydrogen-bond donors (Lipinski definition) is 2. The molecule has 0 radical (unpaired) electrons. The van der Waals surface area contributed by atoms with E-state index in [1.54, 1.807) is 5.57 Å². The second kappa shape index (κ2) is 15.5. The molecule has 49 heavy (non-hydrogen) atoms. The van der Waals surface area contributed by atoms with Crippen molar-refractivity contribution in [1.29, 1.82) is 0 Å². The summed E-state index contributed by atoms with van der Waals surface area (Å²) in [5.41, 5.74) is 4.94. The second-order valence-electron chi connectivity index (χ2n) is 17.1. The molecule has 2 aromatic rings. The number of β-amino-alcohol motifs (C(OH)–C–C–N with tert-alkyl or cyclic N) is 2. The quantitative estimate of drug-likeness (QED) is 0.157. The molecule has 268 valence electrons. The maximum absolute atomic E-state index is 9.90. The smallest absolute Gasteiger partial charge is 0.119 e. The molecule has 2 aliphatic heterocycles. The lowest BCUT2D eigenvalue weighted by Gasteiger charge is -2.52. The highest BCUT2D eigenvalue weighted by Gasteiger charge is 2.46. The number of rotatable bonds is 18. The highest BCUT2D eigenvalue weighted by atomic mass is 16.5. The highest BCUT2D eigenvalue weighted by Crippen LogP contribution is 2.58. The predicted octanol–water partition coefficient (Wildman–Crippen LogP) is 7.96. The van der Waals surface area contributed by atoms with Crippen molar-refractivity contribution in [1.82, 2.24) is 9.80 Å². The van der Waals surface area contributed by atoms with Crippen molar-refractivity contribution < 1.29 is 19.7 Å². The number of hydrogen-bond acceptors (Lipinski definition) is 6. The number of aliphatic hydroxyl groups is 2. The summed E-state index contributed by atoms with van der Waals surface area (Å²) in [4.78, 5) is 4.70. The molecular weight excluding hydrogens is 608 g/mol. The lowest BCUT2D eigenvalue weighted by atomic mass is 9.53. The third-order valence-electron chi connectivity index (χ3n) is 12.1. The minimum Gasteiger partial charge on any atom is -0.494 e. The van der Waals surface area contributed by atoms with E-state index in [1.807, 2.05) is 13.8 Å².